The van der Waals surface area contributed by atoms with Crippen molar-refractivity contribution in [3.05, 3.63) is 34.1 Å². The van der Waals surface area contributed by atoms with Crippen molar-refractivity contribution in [3.63, 3.8) is 0 Å². The van der Waals surface area contributed by atoms with Gasteiger partial charge in [0.25, 0.3) is 0 Å². The third kappa shape index (κ3) is 3.18. The van der Waals surface area contributed by atoms with Crippen LogP contribution in [0.4, 0.5) is 0 Å². The highest BCUT2D eigenvalue weighted by molar-refractivity contribution is 7.98. The summed E-state index contributed by atoms with van der Waals surface area (Å²) in [5, 5.41) is 15.0. The van der Waals surface area contributed by atoms with Gasteiger partial charge in [0.2, 0.25) is 4.96 Å². The van der Waals surface area contributed by atoms with Gasteiger partial charge in [0, 0.05) is 10.6 Å². The molecule has 0 saturated heterocycles. The average Bonchev–Trinajstić information content (AvgIpc) is 3.03. The summed E-state index contributed by atoms with van der Waals surface area (Å²) in [4.78, 5) is 0.771. The minimum atomic E-state index is 0.631. The van der Waals surface area contributed by atoms with Crippen LogP contribution < -0.4 is 0 Å². The second-order valence-electron chi connectivity index (χ2n) is 4.39. The van der Waals surface area contributed by atoms with Gasteiger partial charge in [-0.05, 0) is 30.4 Å². The molecule has 1 aromatic carbocycles. The van der Waals surface area contributed by atoms with E-state index in [-0.39, 0.29) is 0 Å². The maximum absolute atomic E-state index is 6.23. The van der Waals surface area contributed by atoms with Gasteiger partial charge in [0.05, 0.1) is 10.8 Å². The Balaban J connectivity index is 1.96. The summed E-state index contributed by atoms with van der Waals surface area (Å²) < 4.78 is 1.79. The Morgan fingerprint density at radius 3 is 2.95 bits per heavy atom. The molecule has 2 heterocycles. The van der Waals surface area contributed by atoms with Crippen molar-refractivity contribution in [2.24, 2.45) is 0 Å². The molecule has 0 fully saturated rings. The fourth-order valence-corrected chi connectivity index (χ4v) is 3.94. The van der Waals surface area contributed by atoms with Gasteiger partial charge in [0.15, 0.2) is 5.82 Å². The van der Waals surface area contributed by atoms with Gasteiger partial charge in [-0.25, -0.2) is 0 Å². The molecule has 3 rings (SSSR count). The van der Waals surface area contributed by atoms with Gasteiger partial charge >= 0.3 is 0 Å². The van der Waals surface area contributed by atoms with Crippen molar-refractivity contribution in [1.29, 1.82) is 0 Å². The first-order valence-corrected chi connectivity index (χ1v) is 9.16. The fraction of sp³-hybridized carbons (Fsp3) is 0.308. The maximum atomic E-state index is 6.23. The zero-order valence-corrected chi connectivity index (χ0v) is 14.4. The second-order valence-corrected chi connectivity index (χ2v) is 7.30. The Labute approximate surface area is 140 Å². The molecule has 4 nitrogen and oxygen atoms in total. The third-order valence-corrected chi connectivity index (χ3v) is 5.45. The standard InChI is InChI=1S/C13H12Cl2N4S2/c1-2-5-20-7-11-16-17-13-19(11)18-12(21-13)9-6-8(14)3-4-10(9)15/h3-4,6H,2,5,7H2,1H3. The Hall–Kier alpha value is -0.820. The molecular weight excluding hydrogens is 347 g/mol. The van der Waals surface area contributed by atoms with Crippen LogP contribution in [0.25, 0.3) is 15.5 Å². The van der Waals surface area contributed by atoms with Crippen LogP contribution in [-0.2, 0) is 5.75 Å². The molecule has 2 aromatic heterocycles. The summed E-state index contributed by atoms with van der Waals surface area (Å²) in [6.07, 6.45) is 1.15. The molecule has 0 atom stereocenters. The zero-order chi connectivity index (χ0) is 14.8. The van der Waals surface area contributed by atoms with Gasteiger partial charge in [-0.2, -0.15) is 21.4 Å². The monoisotopic (exact) mass is 358 g/mol. The molecule has 21 heavy (non-hydrogen) atoms. The lowest BCUT2D eigenvalue weighted by atomic mass is 10.2. The van der Waals surface area contributed by atoms with Crippen LogP contribution in [-0.4, -0.2) is 25.6 Å². The van der Waals surface area contributed by atoms with Crippen molar-refractivity contribution in [1.82, 2.24) is 19.8 Å². The highest BCUT2D eigenvalue weighted by Gasteiger charge is 2.15. The maximum Gasteiger partial charge on any atom is 0.235 e. The number of rotatable bonds is 5. The molecule has 0 aliphatic heterocycles. The first-order chi connectivity index (χ1) is 10.2. The number of nitrogens with zero attached hydrogens (tertiary/aromatic N) is 4. The van der Waals surface area contributed by atoms with Crippen molar-refractivity contribution >= 4 is 51.3 Å². The summed E-state index contributed by atoms with van der Waals surface area (Å²) >= 11 is 15.6. The number of benzene rings is 1. The molecule has 0 spiro atoms. The van der Waals surface area contributed by atoms with Crippen molar-refractivity contribution < 1.29 is 0 Å². The molecule has 0 saturated carbocycles. The third-order valence-electron chi connectivity index (χ3n) is 2.79. The van der Waals surface area contributed by atoms with Crippen molar-refractivity contribution in [2.45, 2.75) is 19.1 Å². The molecule has 110 valence electrons. The number of aromatic nitrogens is 4. The Kier molecular flexibility index (Phi) is 4.69. The van der Waals surface area contributed by atoms with E-state index < -0.39 is 0 Å². The quantitative estimate of drug-likeness (QED) is 0.614. The van der Waals surface area contributed by atoms with Gasteiger partial charge in [-0.1, -0.05) is 41.5 Å². The normalized spacial score (nSPS) is 11.4. The highest BCUT2D eigenvalue weighted by Crippen LogP contribution is 2.33. The summed E-state index contributed by atoms with van der Waals surface area (Å²) in [6, 6.07) is 5.36. The molecule has 0 aliphatic carbocycles. The molecule has 8 heteroatoms. The van der Waals surface area contributed by atoms with E-state index in [1.165, 1.54) is 11.3 Å². The smallest absolute Gasteiger partial charge is 0.186 e. The van der Waals surface area contributed by atoms with Crippen LogP contribution in [0.3, 0.4) is 0 Å². The summed E-state index contributed by atoms with van der Waals surface area (Å²) in [5.41, 5.74) is 0.826. The molecule has 0 N–H and O–H groups in total. The van der Waals surface area contributed by atoms with Crippen LogP contribution in [0, 0.1) is 0 Å². The lowest BCUT2D eigenvalue weighted by Gasteiger charge is -2.00. The van der Waals surface area contributed by atoms with E-state index in [2.05, 4.69) is 22.2 Å². The van der Waals surface area contributed by atoms with E-state index in [0.29, 0.717) is 10.0 Å². The van der Waals surface area contributed by atoms with E-state index in [4.69, 9.17) is 23.2 Å². The number of hydrogen-bond acceptors (Lipinski definition) is 5. The van der Waals surface area contributed by atoms with E-state index >= 15 is 0 Å². The summed E-state index contributed by atoms with van der Waals surface area (Å²) in [7, 11) is 0. The molecule has 0 aliphatic rings. The fourth-order valence-electron chi connectivity index (χ4n) is 1.83. The van der Waals surface area contributed by atoms with Gasteiger partial charge < -0.3 is 0 Å². The topological polar surface area (TPSA) is 43.1 Å². The molecule has 0 bridgehead atoms. The van der Waals surface area contributed by atoms with E-state index in [9.17, 15) is 0 Å². The molecule has 0 radical (unpaired) electrons. The number of halogens is 2. The predicted octanol–water partition coefficient (Wildman–Crippen LogP) is 4.80. The summed E-state index contributed by atoms with van der Waals surface area (Å²) in [5.74, 6) is 2.78. The first-order valence-electron chi connectivity index (χ1n) is 6.43. The average molecular weight is 359 g/mol. The summed E-state index contributed by atoms with van der Waals surface area (Å²) in [6.45, 7) is 2.16. The number of fused-ring (bicyclic) bond motifs is 1. The molecule has 0 amide bonds. The van der Waals surface area contributed by atoms with E-state index in [1.807, 2.05) is 17.8 Å². The minimum Gasteiger partial charge on any atom is -0.186 e. The Morgan fingerprint density at radius 2 is 2.14 bits per heavy atom. The Morgan fingerprint density at radius 1 is 1.29 bits per heavy atom. The van der Waals surface area contributed by atoms with Gasteiger partial charge in [0.1, 0.15) is 5.01 Å². The van der Waals surface area contributed by atoms with Crippen molar-refractivity contribution in [3.8, 4) is 10.6 Å². The van der Waals surface area contributed by atoms with Crippen molar-refractivity contribution in [2.75, 3.05) is 5.75 Å². The lowest BCUT2D eigenvalue weighted by Crippen LogP contribution is -1.94. The number of hydrogen-bond donors (Lipinski definition) is 0. The lowest BCUT2D eigenvalue weighted by molar-refractivity contribution is 0.887. The van der Waals surface area contributed by atoms with Crippen LogP contribution in [0.1, 0.15) is 19.2 Å². The van der Waals surface area contributed by atoms with Gasteiger partial charge in [-0.3, -0.25) is 0 Å². The SMILES string of the molecule is CCCSCc1nnc2sc(-c3cc(Cl)ccc3Cl)nn12. The zero-order valence-electron chi connectivity index (χ0n) is 11.2. The highest BCUT2D eigenvalue weighted by atomic mass is 35.5. The van der Waals surface area contributed by atoms with Crippen LogP contribution >= 0.6 is 46.3 Å². The predicted molar refractivity (Wildman–Crippen MR) is 90.6 cm³/mol. The van der Waals surface area contributed by atoms with E-state index in [0.717, 1.165) is 39.3 Å². The first kappa shape index (κ1) is 15.1. The van der Waals surface area contributed by atoms with E-state index in [1.54, 1.807) is 16.6 Å². The molecular formula is C13H12Cl2N4S2. The van der Waals surface area contributed by atoms with Crippen LogP contribution in [0.15, 0.2) is 18.2 Å². The largest absolute Gasteiger partial charge is 0.235 e. The second kappa shape index (κ2) is 6.52. The van der Waals surface area contributed by atoms with Crippen LogP contribution in [0.2, 0.25) is 10.0 Å². The minimum absolute atomic E-state index is 0.631. The van der Waals surface area contributed by atoms with Gasteiger partial charge in [-0.15, -0.1) is 10.2 Å². The Bertz CT molecular complexity index is 769. The van der Waals surface area contributed by atoms with Crippen LogP contribution in [0.5, 0.6) is 0 Å². The number of thioether (sulfide) groups is 1. The molecule has 3 aromatic rings. The molecule has 0 unspecified atom stereocenters.